The first-order chi connectivity index (χ1) is 15.8. The Balaban J connectivity index is 2.05. The summed E-state index contributed by atoms with van der Waals surface area (Å²) in [7, 11) is 0. The van der Waals surface area contributed by atoms with E-state index in [1.54, 1.807) is 0 Å². The topological polar surface area (TPSA) is 280 Å². The summed E-state index contributed by atoms with van der Waals surface area (Å²) < 4.78 is 21.0. The maximum Gasteiger partial charge on any atom is 0.193 e. The molecular weight excluding hydrogens is 472 g/mol. The predicted molar refractivity (Wildman–Crippen MR) is 101 cm³/mol. The Morgan fingerprint density at radius 2 is 1.24 bits per heavy atom. The number of aliphatic hydroxyl groups excluding tert-OH is 11. The van der Waals surface area contributed by atoms with Crippen molar-refractivity contribution >= 4 is 0 Å². The fourth-order valence-electron chi connectivity index (χ4n) is 4.54. The van der Waals surface area contributed by atoms with Crippen LogP contribution in [0.3, 0.4) is 0 Å². The summed E-state index contributed by atoms with van der Waals surface area (Å²) in [5.41, 5.74) is -5.76. The highest BCUT2D eigenvalue weighted by Gasteiger charge is 2.71. The third-order valence-corrected chi connectivity index (χ3v) is 6.80. The minimum Gasteiger partial charge on any atom is -0.394 e. The maximum absolute atomic E-state index is 11.6. The highest BCUT2D eigenvalue weighted by Crippen LogP contribution is 2.46. The van der Waals surface area contributed by atoms with Gasteiger partial charge in [0.1, 0.15) is 66.6 Å². The Kier molecular flexibility index (Phi) is 8.23. The zero-order chi connectivity index (χ0) is 25.7. The van der Waals surface area contributed by atoms with E-state index in [1.807, 2.05) is 0 Å². The van der Waals surface area contributed by atoms with E-state index in [-0.39, 0.29) is 0 Å². The van der Waals surface area contributed by atoms with Crippen molar-refractivity contribution in [3.8, 4) is 0 Å². The molecule has 3 fully saturated rings. The molecule has 0 bridgehead atoms. The molecule has 12 N–H and O–H groups in total. The van der Waals surface area contributed by atoms with Crippen molar-refractivity contribution in [3.05, 3.63) is 0 Å². The van der Waals surface area contributed by atoms with Crippen LogP contribution < -0.4 is 0 Å². The monoisotopic (exact) mass is 504 g/mol. The zero-order valence-electron chi connectivity index (χ0n) is 17.9. The third kappa shape index (κ3) is 4.16. The normalized spacial score (nSPS) is 56.9. The molecule has 0 aromatic rings. The van der Waals surface area contributed by atoms with Gasteiger partial charge in [-0.1, -0.05) is 0 Å². The van der Waals surface area contributed by atoms with Gasteiger partial charge in [-0.2, -0.15) is 0 Å². The number of hydrogen-bond donors (Lipinski definition) is 12. The van der Waals surface area contributed by atoms with Crippen molar-refractivity contribution in [2.24, 2.45) is 0 Å². The molecule has 3 heterocycles. The quantitative estimate of drug-likeness (QED) is 0.165. The smallest absolute Gasteiger partial charge is 0.193 e. The SMILES string of the molecule is C[C@]1([C@@]2(O)[C@H](O[C@H]3[C@H](O)C(O)C(O)O[C@@H]3CO)O[C@H](CO)[C@H](O)[C@@H]2O)OC(O)[C@@H](O)[C@H](O)[C@@H]1O. The van der Waals surface area contributed by atoms with Gasteiger partial charge in [0.25, 0.3) is 0 Å². The first-order valence-electron chi connectivity index (χ1n) is 10.5. The molecule has 200 valence electrons. The van der Waals surface area contributed by atoms with Crippen LogP contribution in [0.5, 0.6) is 0 Å². The molecule has 3 aliphatic rings. The molecule has 0 saturated carbocycles. The number of ether oxygens (including phenoxy) is 4. The standard InChI is InChI=1S/C18H32O16/c1-17(12(26)8(23)10(25)15(29)34-17)18(30)13(27)6(21)4(2-19)32-16(18)33-11-5(3-20)31-14(28)9(24)7(11)22/h4-16,19-30H,2-3H2,1H3/t4-,5-,6+,7-,8+,9?,10+,11-,12+,13+,14?,15?,16+,17+,18+/m1/s1. The van der Waals surface area contributed by atoms with Crippen molar-refractivity contribution in [2.45, 2.75) is 98.0 Å². The van der Waals surface area contributed by atoms with Crippen LogP contribution in [-0.4, -0.2) is 166 Å². The van der Waals surface area contributed by atoms with Gasteiger partial charge in [0.05, 0.1) is 13.2 Å². The van der Waals surface area contributed by atoms with Crippen LogP contribution in [0.4, 0.5) is 0 Å². The lowest BCUT2D eigenvalue weighted by molar-refractivity contribution is -0.437. The highest BCUT2D eigenvalue weighted by molar-refractivity contribution is 5.17. The Morgan fingerprint density at radius 1 is 0.676 bits per heavy atom. The number of rotatable bonds is 5. The van der Waals surface area contributed by atoms with Gasteiger partial charge >= 0.3 is 0 Å². The van der Waals surface area contributed by atoms with Crippen molar-refractivity contribution < 1.29 is 80.2 Å². The fourth-order valence-corrected chi connectivity index (χ4v) is 4.54. The first-order valence-corrected chi connectivity index (χ1v) is 10.5. The van der Waals surface area contributed by atoms with E-state index in [9.17, 15) is 61.3 Å². The summed E-state index contributed by atoms with van der Waals surface area (Å²) in [5, 5.41) is 123. The predicted octanol–water partition coefficient (Wildman–Crippen LogP) is -7.84. The van der Waals surface area contributed by atoms with Gasteiger partial charge in [0.2, 0.25) is 0 Å². The van der Waals surface area contributed by atoms with E-state index in [4.69, 9.17) is 18.9 Å². The Labute approximate surface area is 192 Å². The van der Waals surface area contributed by atoms with Gasteiger partial charge in [-0.25, -0.2) is 0 Å². The Morgan fingerprint density at radius 3 is 1.79 bits per heavy atom. The summed E-state index contributed by atoms with van der Waals surface area (Å²) in [6, 6.07) is 0. The van der Waals surface area contributed by atoms with Crippen LogP contribution in [0.15, 0.2) is 0 Å². The van der Waals surface area contributed by atoms with E-state index in [0.717, 1.165) is 6.92 Å². The second-order valence-electron chi connectivity index (χ2n) is 8.82. The minimum atomic E-state index is -3.11. The molecular formula is C18H32O16. The lowest BCUT2D eigenvalue weighted by Crippen LogP contribution is -2.82. The van der Waals surface area contributed by atoms with E-state index in [0.29, 0.717) is 0 Å². The van der Waals surface area contributed by atoms with Crippen molar-refractivity contribution in [1.29, 1.82) is 0 Å². The van der Waals surface area contributed by atoms with Gasteiger partial charge in [0.15, 0.2) is 24.5 Å². The highest BCUT2D eigenvalue weighted by atomic mass is 16.7. The molecule has 0 aliphatic carbocycles. The van der Waals surface area contributed by atoms with Gasteiger partial charge in [0, 0.05) is 0 Å². The van der Waals surface area contributed by atoms with Crippen LogP contribution in [-0.2, 0) is 18.9 Å². The van der Waals surface area contributed by atoms with Crippen molar-refractivity contribution in [1.82, 2.24) is 0 Å². The summed E-state index contributed by atoms with van der Waals surface area (Å²) in [6.45, 7) is -0.918. The van der Waals surface area contributed by atoms with Crippen LogP contribution in [0.1, 0.15) is 6.92 Å². The molecule has 3 unspecified atom stereocenters. The van der Waals surface area contributed by atoms with E-state index < -0.39 is 104 Å². The molecule has 3 rings (SSSR count). The molecule has 16 heteroatoms. The fraction of sp³-hybridized carbons (Fsp3) is 1.00. The minimum absolute atomic E-state index is 0.884. The Hall–Kier alpha value is -0.640. The molecule has 3 saturated heterocycles. The van der Waals surface area contributed by atoms with Crippen LogP contribution in [0, 0.1) is 0 Å². The molecule has 3 aliphatic heterocycles. The second-order valence-corrected chi connectivity index (χ2v) is 8.82. The number of hydrogen-bond acceptors (Lipinski definition) is 16. The average Bonchev–Trinajstić information content (AvgIpc) is 2.81. The third-order valence-electron chi connectivity index (χ3n) is 6.80. The molecule has 34 heavy (non-hydrogen) atoms. The molecule has 0 aromatic heterocycles. The van der Waals surface area contributed by atoms with Gasteiger partial charge in [-0.3, -0.25) is 0 Å². The molecule has 0 aromatic carbocycles. The largest absolute Gasteiger partial charge is 0.394 e. The molecule has 0 spiro atoms. The molecule has 0 radical (unpaired) electrons. The van der Waals surface area contributed by atoms with Crippen LogP contribution in [0.25, 0.3) is 0 Å². The van der Waals surface area contributed by atoms with Crippen molar-refractivity contribution in [3.63, 3.8) is 0 Å². The average molecular weight is 504 g/mol. The van der Waals surface area contributed by atoms with Gasteiger partial charge in [-0.05, 0) is 6.92 Å². The Bertz CT molecular complexity index is 697. The summed E-state index contributed by atoms with van der Waals surface area (Å²) in [4.78, 5) is 0. The van der Waals surface area contributed by atoms with E-state index in [2.05, 4.69) is 0 Å². The summed E-state index contributed by atoms with van der Waals surface area (Å²) in [6.07, 6.45) is -26.1. The zero-order valence-corrected chi connectivity index (χ0v) is 17.9. The lowest BCUT2D eigenvalue weighted by Gasteiger charge is -2.59. The lowest BCUT2D eigenvalue weighted by atomic mass is 9.68. The molecule has 16 nitrogen and oxygen atoms in total. The number of aliphatic hydroxyl groups is 12. The molecule has 0 amide bonds. The van der Waals surface area contributed by atoms with E-state index in [1.165, 1.54) is 0 Å². The first kappa shape index (κ1) is 27.9. The second kappa shape index (κ2) is 10.0. The summed E-state index contributed by atoms with van der Waals surface area (Å²) in [5.74, 6) is 0. The summed E-state index contributed by atoms with van der Waals surface area (Å²) >= 11 is 0. The molecule has 15 atom stereocenters. The van der Waals surface area contributed by atoms with Crippen LogP contribution >= 0.6 is 0 Å². The van der Waals surface area contributed by atoms with Gasteiger partial charge < -0.3 is 80.2 Å². The van der Waals surface area contributed by atoms with Crippen molar-refractivity contribution in [2.75, 3.05) is 13.2 Å². The van der Waals surface area contributed by atoms with Gasteiger partial charge in [-0.15, -0.1) is 0 Å². The van der Waals surface area contributed by atoms with Crippen LogP contribution in [0.2, 0.25) is 0 Å². The van der Waals surface area contributed by atoms with E-state index >= 15 is 0 Å². The maximum atomic E-state index is 11.6.